The van der Waals surface area contributed by atoms with Gasteiger partial charge in [-0.25, -0.2) is 4.39 Å². The molecular weight excluding hydrogens is 447 g/mol. The minimum atomic E-state index is -0.316. The minimum absolute atomic E-state index is 0.0637. The number of anilines is 1. The van der Waals surface area contributed by atoms with E-state index in [0.717, 1.165) is 54.4 Å². The van der Waals surface area contributed by atoms with E-state index in [2.05, 4.69) is 15.6 Å². The van der Waals surface area contributed by atoms with E-state index in [4.69, 9.17) is 15.2 Å². The molecule has 0 radical (unpaired) electrons. The van der Waals surface area contributed by atoms with Gasteiger partial charge in [0.25, 0.3) is 5.91 Å². The summed E-state index contributed by atoms with van der Waals surface area (Å²) < 4.78 is 25.5. The molecule has 1 fully saturated rings. The highest BCUT2D eigenvalue weighted by Crippen LogP contribution is 2.32. The minimum Gasteiger partial charge on any atom is -0.497 e. The number of amides is 1. The van der Waals surface area contributed by atoms with Crippen molar-refractivity contribution in [2.45, 2.75) is 50.7 Å². The normalized spacial score (nSPS) is 20.6. The number of hydrogen-bond donors (Lipinski definition) is 3. The predicted molar refractivity (Wildman–Crippen MR) is 133 cm³/mol. The number of nitrogens with two attached hydrogens (primary N) is 1. The monoisotopic (exact) mass is 478 g/mol. The lowest BCUT2D eigenvalue weighted by Crippen LogP contribution is -2.39. The van der Waals surface area contributed by atoms with E-state index >= 15 is 0 Å². The molecule has 184 valence electrons. The molecular formula is C27H31FN4O3. The molecule has 1 saturated carbocycles. The Kier molecular flexibility index (Phi) is 6.83. The number of ether oxygens (including phenoxy) is 2. The first kappa shape index (κ1) is 23.5. The maximum Gasteiger partial charge on any atom is 0.262 e. The van der Waals surface area contributed by atoms with Gasteiger partial charge in [0.05, 0.1) is 24.5 Å². The molecule has 5 rings (SSSR count). The summed E-state index contributed by atoms with van der Waals surface area (Å²) in [5, 5.41) is 7.25. The van der Waals surface area contributed by atoms with Crippen molar-refractivity contribution in [2.75, 3.05) is 19.0 Å². The lowest BCUT2D eigenvalue weighted by atomic mass is 9.79. The average molecular weight is 479 g/mol. The maximum atomic E-state index is 14.7. The number of fused-ring (bicyclic) bond motifs is 2. The highest BCUT2D eigenvalue weighted by atomic mass is 19.1. The van der Waals surface area contributed by atoms with Crippen molar-refractivity contribution >= 4 is 22.5 Å². The molecule has 0 spiro atoms. The fourth-order valence-corrected chi connectivity index (χ4v) is 5.19. The molecule has 1 atom stereocenters. The molecule has 1 amide bonds. The van der Waals surface area contributed by atoms with E-state index in [1.807, 2.05) is 36.4 Å². The van der Waals surface area contributed by atoms with Crippen molar-refractivity contribution in [2.24, 2.45) is 11.7 Å². The van der Waals surface area contributed by atoms with E-state index in [-0.39, 0.29) is 24.4 Å². The van der Waals surface area contributed by atoms with Crippen LogP contribution >= 0.6 is 0 Å². The number of rotatable bonds is 7. The summed E-state index contributed by atoms with van der Waals surface area (Å²) in [6.07, 6.45) is 5.81. The number of nitrogens with one attached hydrogen (secondary N) is 2. The zero-order valence-electron chi connectivity index (χ0n) is 19.9. The van der Waals surface area contributed by atoms with E-state index in [1.54, 1.807) is 7.11 Å². The lowest BCUT2D eigenvalue weighted by molar-refractivity contribution is -0.118. The number of hydrogen-bond acceptors (Lipinski definition) is 6. The third-order valence-corrected chi connectivity index (χ3v) is 7.22. The van der Waals surface area contributed by atoms with Crippen LogP contribution in [0.5, 0.6) is 11.5 Å². The zero-order valence-corrected chi connectivity index (χ0v) is 19.9. The van der Waals surface area contributed by atoms with E-state index in [9.17, 15) is 9.18 Å². The first-order valence-corrected chi connectivity index (χ1v) is 12.2. The number of nitrogens with zero attached hydrogens (tertiary/aromatic N) is 1. The Morgan fingerprint density at radius 1 is 1.23 bits per heavy atom. The van der Waals surface area contributed by atoms with Crippen molar-refractivity contribution in [3.05, 3.63) is 59.5 Å². The number of pyridine rings is 1. The Labute approximate surface area is 204 Å². The second-order valence-corrected chi connectivity index (χ2v) is 9.50. The SMILES string of the molecule is COc1ccc2ncc(F)c(C[C@H](N)C3CCC(NCc4ccc5c(c4)NC(=O)CO5)CC3)c2c1. The second kappa shape index (κ2) is 10.2. The van der Waals surface area contributed by atoms with E-state index < -0.39 is 0 Å². The van der Waals surface area contributed by atoms with Crippen LogP contribution in [0.15, 0.2) is 42.6 Å². The Bertz CT molecular complexity index is 1230. The topological polar surface area (TPSA) is 98.5 Å². The molecule has 7 nitrogen and oxygen atoms in total. The Morgan fingerprint density at radius 2 is 2.06 bits per heavy atom. The lowest BCUT2D eigenvalue weighted by Gasteiger charge is -2.33. The molecule has 2 heterocycles. The molecule has 0 bridgehead atoms. The molecule has 1 aliphatic heterocycles. The summed E-state index contributed by atoms with van der Waals surface area (Å²) in [4.78, 5) is 15.8. The van der Waals surface area contributed by atoms with Crippen molar-refractivity contribution < 1.29 is 18.7 Å². The molecule has 2 aliphatic rings. The van der Waals surface area contributed by atoms with Gasteiger partial charge in [-0.1, -0.05) is 6.07 Å². The quantitative estimate of drug-likeness (QED) is 0.476. The summed E-state index contributed by atoms with van der Waals surface area (Å²) in [5.41, 5.74) is 9.80. The van der Waals surface area contributed by atoms with Gasteiger partial charge >= 0.3 is 0 Å². The van der Waals surface area contributed by atoms with Crippen LogP contribution in [-0.2, 0) is 17.8 Å². The molecule has 2 aromatic carbocycles. The predicted octanol–water partition coefficient (Wildman–Crippen LogP) is 3.93. The highest BCUT2D eigenvalue weighted by Gasteiger charge is 2.27. The number of carbonyl (C=O) groups excluding carboxylic acids is 1. The number of carbonyl (C=O) groups is 1. The molecule has 1 aromatic heterocycles. The van der Waals surface area contributed by atoms with E-state index in [0.29, 0.717) is 35.4 Å². The number of aromatic nitrogens is 1. The molecule has 4 N–H and O–H groups in total. The first-order valence-electron chi connectivity index (χ1n) is 12.2. The van der Waals surface area contributed by atoms with Crippen LogP contribution < -0.4 is 25.8 Å². The third-order valence-electron chi connectivity index (χ3n) is 7.22. The van der Waals surface area contributed by atoms with Gasteiger partial charge in [0.15, 0.2) is 6.61 Å². The fourth-order valence-electron chi connectivity index (χ4n) is 5.19. The number of benzene rings is 2. The first-order chi connectivity index (χ1) is 17.0. The average Bonchev–Trinajstić information content (AvgIpc) is 2.88. The van der Waals surface area contributed by atoms with Gasteiger partial charge in [-0.3, -0.25) is 9.78 Å². The Hall–Kier alpha value is -3.23. The van der Waals surface area contributed by atoms with Crippen molar-refractivity contribution in [1.29, 1.82) is 0 Å². The van der Waals surface area contributed by atoms with Crippen LogP contribution in [0.4, 0.5) is 10.1 Å². The van der Waals surface area contributed by atoms with E-state index in [1.165, 1.54) is 6.20 Å². The largest absolute Gasteiger partial charge is 0.497 e. The third kappa shape index (κ3) is 5.23. The van der Waals surface area contributed by atoms with Crippen LogP contribution in [0.1, 0.15) is 36.8 Å². The Balaban J connectivity index is 1.16. The molecule has 1 aliphatic carbocycles. The summed E-state index contributed by atoms with van der Waals surface area (Å²) in [6, 6.07) is 11.7. The summed E-state index contributed by atoms with van der Waals surface area (Å²) >= 11 is 0. The van der Waals surface area contributed by atoms with Gasteiger partial charge in [0.2, 0.25) is 0 Å². The molecule has 35 heavy (non-hydrogen) atoms. The second-order valence-electron chi connectivity index (χ2n) is 9.50. The molecule has 0 unspecified atom stereocenters. The van der Waals surface area contributed by atoms with Crippen molar-refractivity contribution in [1.82, 2.24) is 10.3 Å². The number of halogens is 1. The maximum absolute atomic E-state index is 14.7. The summed E-state index contributed by atoms with van der Waals surface area (Å²) in [7, 11) is 1.60. The van der Waals surface area contributed by atoms with Crippen molar-refractivity contribution in [3.8, 4) is 11.5 Å². The van der Waals surface area contributed by atoms with Crippen LogP contribution in [0.3, 0.4) is 0 Å². The van der Waals surface area contributed by atoms with Crippen LogP contribution in [0.25, 0.3) is 10.9 Å². The molecule has 0 saturated heterocycles. The smallest absolute Gasteiger partial charge is 0.262 e. The van der Waals surface area contributed by atoms with Crippen LogP contribution in [-0.4, -0.2) is 36.7 Å². The highest BCUT2D eigenvalue weighted by molar-refractivity contribution is 5.95. The van der Waals surface area contributed by atoms with Gasteiger partial charge in [0, 0.05) is 29.6 Å². The van der Waals surface area contributed by atoms with Crippen molar-refractivity contribution in [3.63, 3.8) is 0 Å². The van der Waals surface area contributed by atoms with Gasteiger partial charge < -0.3 is 25.8 Å². The number of methoxy groups -OCH3 is 1. The van der Waals surface area contributed by atoms with Crippen LogP contribution in [0, 0.1) is 11.7 Å². The summed E-state index contributed by atoms with van der Waals surface area (Å²) in [6.45, 7) is 0.786. The van der Waals surface area contributed by atoms with Gasteiger partial charge in [-0.15, -0.1) is 0 Å². The fraction of sp³-hybridized carbons (Fsp3) is 0.407. The van der Waals surface area contributed by atoms with Gasteiger partial charge in [-0.2, -0.15) is 0 Å². The Morgan fingerprint density at radius 3 is 2.86 bits per heavy atom. The molecule has 3 aromatic rings. The molecule has 8 heteroatoms. The zero-order chi connectivity index (χ0) is 24.4. The standard InChI is InChI=1S/C27H31FN4O3/c1-34-19-7-8-24-21(11-19)20(22(28)14-31-24)12-23(29)17-3-5-18(6-4-17)30-13-16-2-9-26-25(10-16)32-27(33)15-35-26/h2,7-11,14,17-18,23,30H,3-6,12-13,15,29H2,1H3,(H,32,33)/t17?,18?,23-/m0/s1. The van der Waals surface area contributed by atoms with Gasteiger partial charge in [0.1, 0.15) is 17.3 Å². The van der Waals surface area contributed by atoms with Gasteiger partial charge in [-0.05, 0) is 73.9 Å². The van der Waals surface area contributed by atoms with Crippen LogP contribution in [0.2, 0.25) is 0 Å². The summed E-state index contributed by atoms with van der Waals surface area (Å²) in [5.74, 6) is 1.29.